The highest BCUT2D eigenvalue weighted by atomic mass is 32.2. The van der Waals surface area contributed by atoms with Crippen molar-refractivity contribution in [2.24, 2.45) is 0 Å². The van der Waals surface area contributed by atoms with Crippen LogP contribution in [0.1, 0.15) is 28.9 Å². The predicted octanol–water partition coefficient (Wildman–Crippen LogP) is 2.33. The van der Waals surface area contributed by atoms with Crippen molar-refractivity contribution in [2.45, 2.75) is 22.8 Å². The third kappa shape index (κ3) is 4.50. The summed E-state index contributed by atoms with van der Waals surface area (Å²) in [5, 5.41) is 0. The molecule has 0 unspecified atom stereocenters. The second kappa shape index (κ2) is 7.20. The molecule has 0 fully saturated rings. The van der Waals surface area contributed by atoms with E-state index >= 15 is 0 Å². The van der Waals surface area contributed by atoms with Crippen LogP contribution < -0.4 is 0 Å². The fraction of sp³-hybridized carbons (Fsp3) is 0.278. The average molecular weight is 396 g/mol. The largest absolute Gasteiger partial charge is 0.335 e. The van der Waals surface area contributed by atoms with Crippen LogP contribution in [-0.2, 0) is 19.7 Å². The zero-order valence-corrected chi connectivity index (χ0v) is 16.6. The molecule has 140 valence electrons. The first-order chi connectivity index (χ1) is 11.9. The zero-order valence-electron chi connectivity index (χ0n) is 15.0. The van der Waals surface area contributed by atoms with E-state index in [1.165, 1.54) is 35.2 Å². The third-order valence-electron chi connectivity index (χ3n) is 4.20. The summed E-state index contributed by atoms with van der Waals surface area (Å²) in [6, 6.07) is 11.9. The SMILES string of the molecule is C[C@H](c1ccc(S(C)(=O)=O)cc1)N(C)C(=O)c1cccc(S(C)(=O)=O)c1. The van der Waals surface area contributed by atoms with Crippen molar-refractivity contribution in [3.63, 3.8) is 0 Å². The number of amides is 1. The van der Waals surface area contributed by atoms with E-state index < -0.39 is 19.7 Å². The molecule has 0 aliphatic rings. The van der Waals surface area contributed by atoms with Crippen LogP contribution in [0.25, 0.3) is 0 Å². The van der Waals surface area contributed by atoms with Gasteiger partial charge in [0.05, 0.1) is 15.8 Å². The first kappa shape index (κ1) is 20.1. The summed E-state index contributed by atoms with van der Waals surface area (Å²) in [6.45, 7) is 1.81. The maximum atomic E-state index is 12.7. The van der Waals surface area contributed by atoms with Gasteiger partial charge in [-0.05, 0) is 42.8 Å². The van der Waals surface area contributed by atoms with Crippen LogP contribution in [0.3, 0.4) is 0 Å². The summed E-state index contributed by atoms with van der Waals surface area (Å²) in [5.41, 5.74) is 1.04. The fourth-order valence-corrected chi connectivity index (χ4v) is 3.75. The minimum Gasteiger partial charge on any atom is -0.335 e. The normalized spacial score (nSPS) is 13.2. The van der Waals surface area contributed by atoms with Crippen molar-refractivity contribution in [3.8, 4) is 0 Å². The third-order valence-corrected chi connectivity index (χ3v) is 6.44. The van der Waals surface area contributed by atoms with E-state index in [-0.39, 0.29) is 27.3 Å². The van der Waals surface area contributed by atoms with Gasteiger partial charge in [0.2, 0.25) is 0 Å². The van der Waals surface area contributed by atoms with Crippen LogP contribution in [0.2, 0.25) is 0 Å². The molecule has 0 aliphatic carbocycles. The lowest BCUT2D eigenvalue weighted by atomic mass is 10.1. The minimum atomic E-state index is -3.40. The first-order valence-corrected chi connectivity index (χ1v) is 11.6. The number of carbonyl (C=O) groups is 1. The Balaban J connectivity index is 2.28. The van der Waals surface area contributed by atoms with Crippen molar-refractivity contribution >= 4 is 25.6 Å². The summed E-state index contributed by atoms with van der Waals surface area (Å²) >= 11 is 0. The molecule has 2 aromatic carbocycles. The van der Waals surface area contributed by atoms with Crippen molar-refractivity contribution in [1.82, 2.24) is 4.90 Å². The molecule has 1 atom stereocenters. The molecule has 0 heterocycles. The highest BCUT2D eigenvalue weighted by molar-refractivity contribution is 7.91. The van der Waals surface area contributed by atoms with Crippen LogP contribution >= 0.6 is 0 Å². The minimum absolute atomic E-state index is 0.0851. The van der Waals surface area contributed by atoms with Gasteiger partial charge >= 0.3 is 0 Å². The van der Waals surface area contributed by atoms with Crippen LogP contribution in [0.15, 0.2) is 58.3 Å². The number of nitrogens with zero attached hydrogens (tertiary/aromatic N) is 1. The number of hydrogen-bond donors (Lipinski definition) is 0. The smallest absolute Gasteiger partial charge is 0.254 e. The second-order valence-electron chi connectivity index (χ2n) is 6.23. The molecule has 0 bridgehead atoms. The van der Waals surface area contributed by atoms with E-state index in [2.05, 4.69) is 0 Å². The van der Waals surface area contributed by atoms with Crippen molar-refractivity contribution in [2.75, 3.05) is 19.6 Å². The van der Waals surface area contributed by atoms with Gasteiger partial charge < -0.3 is 4.90 Å². The molecule has 8 heteroatoms. The summed E-state index contributed by atoms with van der Waals surface area (Å²) in [4.78, 5) is 14.5. The molecule has 6 nitrogen and oxygen atoms in total. The van der Waals surface area contributed by atoms with E-state index in [1.54, 1.807) is 25.2 Å². The lowest BCUT2D eigenvalue weighted by molar-refractivity contribution is 0.0742. The number of carbonyl (C=O) groups excluding carboxylic acids is 1. The number of hydrogen-bond acceptors (Lipinski definition) is 5. The Morgan fingerprint density at radius 3 is 1.92 bits per heavy atom. The molecule has 0 N–H and O–H groups in total. The molecule has 0 aliphatic heterocycles. The molecule has 0 spiro atoms. The molecule has 0 saturated carbocycles. The summed E-state index contributed by atoms with van der Waals surface area (Å²) in [5.74, 6) is -0.324. The van der Waals surface area contributed by atoms with E-state index in [0.717, 1.165) is 18.1 Å². The molecule has 2 aromatic rings. The Morgan fingerprint density at radius 2 is 1.42 bits per heavy atom. The van der Waals surface area contributed by atoms with Gasteiger partial charge in [0.15, 0.2) is 19.7 Å². The van der Waals surface area contributed by atoms with Crippen LogP contribution in [0.5, 0.6) is 0 Å². The highest BCUT2D eigenvalue weighted by Gasteiger charge is 2.20. The van der Waals surface area contributed by atoms with Crippen LogP contribution in [-0.4, -0.2) is 47.2 Å². The van der Waals surface area contributed by atoms with E-state index in [4.69, 9.17) is 0 Å². The molecular formula is C18H21NO5S2. The molecular weight excluding hydrogens is 374 g/mol. The van der Waals surface area contributed by atoms with Gasteiger partial charge in [-0.15, -0.1) is 0 Å². The van der Waals surface area contributed by atoms with Gasteiger partial charge in [-0.2, -0.15) is 0 Å². The van der Waals surface area contributed by atoms with Crippen LogP contribution in [0, 0.1) is 0 Å². The fourth-order valence-electron chi connectivity index (χ4n) is 2.46. The monoisotopic (exact) mass is 395 g/mol. The Labute approximate surface area is 154 Å². The molecule has 0 aromatic heterocycles. The topological polar surface area (TPSA) is 88.6 Å². The molecule has 0 radical (unpaired) electrons. The summed E-state index contributed by atoms with van der Waals surface area (Å²) in [7, 11) is -5.07. The summed E-state index contributed by atoms with van der Waals surface area (Å²) in [6.07, 6.45) is 2.22. The van der Waals surface area contributed by atoms with Crippen molar-refractivity contribution < 1.29 is 21.6 Å². The Bertz CT molecular complexity index is 1030. The Hall–Kier alpha value is -2.19. The van der Waals surface area contributed by atoms with E-state index in [0.29, 0.717) is 0 Å². The van der Waals surface area contributed by atoms with Gasteiger partial charge in [-0.25, -0.2) is 16.8 Å². The summed E-state index contributed by atoms with van der Waals surface area (Å²) < 4.78 is 46.4. The maximum absolute atomic E-state index is 12.7. The first-order valence-electron chi connectivity index (χ1n) is 7.78. The predicted molar refractivity (Wildman–Crippen MR) is 99.6 cm³/mol. The second-order valence-corrected chi connectivity index (χ2v) is 10.3. The van der Waals surface area contributed by atoms with Crippen LogP contribution in [0.4, 0.5) is 0 Å². The molecule has 1 amide bonds. The van der Waals surface area contributed by atoms with Gasteiger partial charge in [-0.3, -0.25) is 4.79 Å². The maximum Gasteiger partial charge on any atom is 0.254 e. The van der Waals surface area contributed by atoms with Gasteiger partial charge in [0, 0.05) is 25.1 Å². The zero-order chi connectivity index (χ0) is 19.7. The van der Waals surface area contributed by atoms with Crippen molar-refractivity contribution in [3.05, 3.63) is 59.7 Å². The average Bonchev–Trinajstić information content (AvgIpc) is 2.58. The molecule has 26 heavy (non-hydrogen) atoms. The lowest BCUT2D eigenvalue weighted by Gasteiger charge is -2.25. The van der Waals surface area contributed by atoms with Gasteiger partial charge in [-0.1, -0.05) is 18.2 Å². The lowest BCUT2D eigenvalue weighted by Crippen LogP contribution is -2.29. The Kier molecular flexibility index (Phi) is 5.58. The standard InChI is InChI=1S/C18H21NO5S2/c1-13(14-8-10-16(11-9-14)25(3,21)22)19(2)18(20)15-6-5-7-17(12-15)26(4,23)24/h5-13H,1-4H3/t13-/m1/s1. The van der Waals surface area contributed by atoms with Crippen molar-refractivity contribution in [1.29, 1.82) is 0 Å². The van der Waals surface area contributed by atoms with Gasteiger partial charge in [0.25, 0.3) is 5.91 Å². The van der Waals surface area contributed by atoms with E-state index in [1.807, 2.05) is 6.92 Å². The number of rotatable bonds is 5. The quantitative estimate of drug-likeness (QED) is 0.775. The number of sulfone groups is 2. The highest BCUT2D eigenvalue weighted by Crippen LogP contribution is 2.23. The molecule has 0 saturated heterocycles. The number of benzene rings is 2. The van der Waals surface area contributed by atoms with E-state index in [9.17, 15) is 21.6 Å². The van der Waals surface area contributed by atoms with Gasteiger partial charge in [0.1, 0.15) is 0 Å². The molecule has 2 rings (SSSR count). The Morgan fingerprint density at radius 1 is 0.885 bits per heavy atom.